The second-order valence-corrected chi connectivity index (χ2v) is 5.48. The van der Waals surface area contributed by atoms with Gasteiger partial charge in [0.25, 0.3) is 0 Å². The molecule has 0 radical (unpaired) electrons. The molecule has 0 aromatic carbocycles. The minimum absolute atomic E-state index is 0.0322. The third-order valence-electron chi connectivity index (χ3n) is 4.10. The second kappa shape index (κ2) is 6.90. The molecule has 2 atom stereocenters. The molecule has 0 aromatic rings. The Morgan fingerprint density at radius 3 is 2.70 bits per heavy atom. The molecular weight excluding hydrogens is 262 g/mol. The van der Waals surface area contributed by atoms with Gasteiger partial charge in [0.2, 0.25) is 0 Å². The van der Waals surface area contributed by atoms with Crippen molar-refractivity contribution in [3.63, 3.8) is 0 Å². The first-order valence-electron chi connectivity index (χ1n) is 7.25. The number of hydrogen-bond donors (Lipinski definition) is 3. The fourth-order valence-corrected chi connectivity index (χ4v) is 3.02. The number of carbonyl (C=O) groups excluding carboxylic acids is 1. The molecule has 7 heteroatoms. The molecule has 2 aliphatic heterocycles. The number of urea groups is 1. The van der Waals surface area contributed by atoms with Crippen molar-refractivity contribution < 1.29 is 19.8 Å². The van der Waals surface area contributed by atoms with E-state index in [4.69, 9.17) is 10.2 Å². The molecule has 0 spiro atoms. The molecule has 1 unspecified atom stereocenters. The maximum atomic E-state index is 12.2. The van der Waals surface area contributed by atoms with Crippen LogP contribution in [-0.2, 0) is 4.79 Å². The maximum absolute atomic E-state index is 12.2. The van der Waals surface area contributed by atoms with E-state index in [-0.39, 0.29) is 19.1 Å². The van der Waals surface area contributed by atoms with E-state index in [0.717, 1.165) is 25.9 Å². The van der Waals surface area contributed by atoms with Crippen LogP contribution in [0, 0.1) is 0 Å². The van der Waals surface area contributed by atoms with Gasteiger partial charge < -0.3 is 20.4 Å². The number of carboxylic acids is 1. The number of aliphatic carboxylic acids is 1. The summed E-state index contributed by atoms with van der Waals surface area (Å²) >= 11 is 0. The largest absolute Gasteiger partial charge is 0.480 e. The van der Waals surface area contributed by atoms with Crippen LogP contribution < -0.4 is 5.32 Å². The van der Waals surface area contributed by atoms with Crippen molar-refractivity contribution in [2.45, 2.75) is 37.8 Å². The van der Waals surface area contributed by atoms with Gasteiger partial charge in [-0.1, -0.05) is 0 Å². The molecule has 2 rings (SSSR count). The first-order valence-corrected chi connectivity index (χ1v) is 7.25. The van der Waals surface area contributed by atoms with E-state index in [1.165, 1.54) is 6.42 Å². The molecule has 2 heterocycles. The highest BCUT2D eigenvalue weighted by atomic mass is 16.4. The first kappa shape index (κ1) is 15.1. The van der Waals surface area contributed by atoms with Gasteiger partial charge in [0.1, 0.15) is 6.04 Å². The highest BCUT2D eigenvalue weighted by molar-refractivity contribution is 5.82. The van der Waals surface area contributed by atoms with Gasteiger partial charge in [-0.15, -0.1) is 0 Å². The molecule has 114 valence electrons. The Labute approximate surface area is 118 Å². The van der Waals surface area contributed by atoms with Crippen molar-refractivity contribution in [3.05, 3.63) is 0 Å². The van der Waals surface area contributed by atoms with Crippen molar-refractivity contribution in [1.29, 1.82) is 0 Å². The van der Waals surface area contributed by atoms with Crippen molar-refractivity contribution >= 4 is 12.0 Å². The van der Waals surface area contributed by atoms with Crippen LogP contribution in [0.1, 0.15) is 25.7 Å². The van der Waals surface area contributed by atoms with Gasteiger partial charge in [-0.3, -0.25) is 4.90 Å². The number of nitrogens with one attached hydrogen (secondary N) is 1. The molecular formula is C13H23N3O4. The number of amides is 2. The number of carbonyl (C=O) groups is 2. The van der Waals surface area contributed by atoms with Crippen molar-refractivity contribution in [3.8, 4) is 0 Å². The lowest BCUT2D eigenvalue weighted by atomic mass is 10.2. The smallest absolute Gasteiger partial charge is 0.326 e. The fourth-order valence-electron chi connectivity index (χ4n) is 3.02. The minimum Gasteiger partial charge on any atom is -0.480 e. The van der Waals surface area contributed by atoms with Crippen LogP contribution in [0.3, 0.4) is 0 Å². The average Bonchev–Trinajstić information content (AvgIpc) is 2.75. The number of carboxylic acid groups (broad SMARTS) is 1. The van der Waals surface area contributed by atoms with Gasteiger partial charge in [0.15, 0.2) is 0 Å². The molecule has 2 aliphatic rings. The number of fused-ring (bicyclic) bond motifs is 1. The molecule has 2 amide bonds. The van der Waals surface area contributed by atoms with Crippen LogP contribution in [0.15, 0.2) is 0 Å². The zero-order valence-corrected chi connectivity index (χ0v) is 11.6. The lowest BCUT2D eigenvalue weighted by Crippen LogP contribution is -2.50. The van der Waals surface area contributed by atoms with Crippen LogP contribution in [0.4, 0.5) is 4.79 Å². The van der Waals surface area contributed by atoms with Gasteiger partial charge in [0.05, 0.1) is 0 Å². The predicted octanol–water partition coefficient (Wildman–Crippen LogP) is -0.298. The molecule has 7 nitrogen and oxygen atoms in total. The Hall–Kier alpha value is -1.34. The molecule has 2 saturated heterocycles. The third-order valence-corrected chi connectivity index (χ3v) is 4.10. The van der Waals surface area contributed by atoms with Crippen LogP contribution in [0.25, 0.3) is 0 Å². The standard InChI is InChI=1S/C13H23N3O4/c17-8-4-11(12(18)19)14-13(20)16-7-2-6-15-5-1-3-10(15)9-16/h10-11,17H,1-9H2,(H,14,20)(H,18,19)/t10?,11-/m1/s1. The van der Waals surface area contributed by atoms with Crippen LogP contribution in [-0.4, -0.2) is 76.9 Å². The van der Waals surface area contributed by atoms with Crippen molar-refractivity contribution in [1.82, 2.24) is 15.1 Å². The van der Waals surface area contributed by atoms with Crippen molar-refractivity contribution in [2.75, 3.05) is 32.8 Å². The second-order valence-electron chi connectivity index (χ2n) is 5.48. The Bertz CT molecular complexity index is 364. The number of aliphatic hydroxyl groups is 1. The zero-order valence-electron chi connectivity index (χ0n) is 11.6. The summed E-state index contributed by atoms with van der Waals surface area (Å²) in [5.41, 5.74) is 0. The van der Waals surface area contributed by atoms with Crippen LogP contribution >= 0.6 is 0 Å². The van der Waals surface area contributed by atoms with Gasteiger partial charge >= 0.3 is 12.0 Å². The summed E-state index contributed by atoms with van der Waals surface area (Å²) in [6.07, 6.45) is 3.22. The van der Waals surface area contributed by atoms with E-state index < -0.39 is 12.0 Å². The average molecular weight is 285 g/mol. The van der Waals surface area contributed by atoms with E-state index >= 15 is 0 Å². The lowest BCUT2D eigenvalue weighted by molar-refractivity contribution is -0.139. The summed E-state index contributed by atoms with van der Waals surface area (Å²) in [6, 6.07) is -0.945. The minimum atomic E-state index is -1.11. The van der Waals surface area contributed by atoms with Gasteiger partial charge in [-0.2, -0.15) is 0 Å². The van der Waals surface area contributed by atoms with Gasteiger partial charge in [-0.05, 0) is 25.8 Å². The molecule has 2 fully saturated rings. The summed E-state index contributed by atoms with van der Waals surface area (Å²) in [7, 11) is 0. The molecule has 0 aromatic heterocycles. The molecule has 3 N–H and O–H groups in total. The zero-order chi connectivity index (χ0) is 14.5. The predicted molar refractivity (Wildman–Crippen MR) is 72.4 cm³/mol. The third kappa shape index (κ3) is 3.61. The molecule has 0 aliphatic carbocycles. The normalized spacial score (nSPS) is 24.9. The highest BCUT2D eigenvalue weighted by Gasteiger charge is 2.31. The topological polar surface area (TPSA) is 93.1 Å². The number of hydrogen-bond acceptors (Lipinski definition) is 4. The Morgan fingerprint density at radius 2 is 2.00 bits per heavy atom. The molecule has 20 heavy (non-hydrogen) atoms. The summed E-state index contributed by atoms with van der Waals surface area (Å²) in [4.78, 5) is 27.3. The number of rotatable bonds is 4. The SMILES string of the molecule is O=C(O)[C@@H](CCO)NC(=O)N1CCCN2CCCC2C1. The lowest BCUT2D eigenvalue weighted by Gasteiger charge is -2.27. The van der Waals surface area contributed by atoms with E-state index in [0.29, 0.717) is 19.1 Å². The first-order chi connectivity index (χ1) is 9.61. The Morgan fingerprint density at radius 1 is 1.25 bits per heavy atom. The summed E-state index contributed by atoms with van der Waals surface area (Å²) in [5, 5.41) is 20.4. The Kier molecular flexibility index (Phi) is 5.19. The Balaban J connectivity index is 1.92. The summed E-state index contributed by atoms with van der Waals surface area (Å²) < 4.78 is 0. The number of nitrogens with zero attached hydrogens (tertiary/aromatic N) is 2. The fraction of sp³-hybridized carbons (Fsp3) is 0.846. The van der Waals surface area contributed by atoms with E-state index in [2.05, 4.69) is 10.2 Å². The monoisotopic (exact) mass is 285 g/mol. The van der Waals surface area contributed by atoms with E-state index in [1.54, 1.807) is 4.90 Å². The highest BCUT2D eigenvalue weighted by Crippen LogP contribution is 2.21. The quantitative estimate of drug-likeness (QED) is 0.659. The van der Waals surface area contributed by atoms with Gasteiger partial charge in [0, 0.05) is 38.7 Å². The van der Waals surface area contributed by atoms with E-state index in [1.807, 2.05) is 0 Å². The summed E-state index contributed by atoms with van der Waals surface area (Å²) in [5.74, 6) is -1.11. The van der Waals surface area contributed by atoms with Crippen LogP contribution in [0.2, 0.25) is 0 Å². The number of aliphatic hydroxyl groups excluding tert-OH is 1. The van der Waals surface area contributed by atoms with Gasteiger partial charge in [-0.25, -0.2) is 9.59 Å². The maximum Gasteiger partial charge on any atom is 0.326 e. The van der Waals surface area contributed by atoms with Crippen molar-refractivity contribution in [2.24, 2.45) is 0 Å². The molecule has 0 bridgehead atoms. The van der Waals surface area contributed by atoms with Crippen LogP contribution in [0.5, 0.6) is 0 Å². The summed E-state index contributed by atoms with van der Waals surface area (Å²) in [6.45, 7) is 3.17. The molecule has 0 saturated carbocycles. The van der Waals surface area contributed by atoms with E-state index in [9.17, 15) is 9.59 Å².